The highest BCUT2D eigenvalue weighted by molar-refractivity contribution is 7.99. The predicted molar refractivity (Wildman–Crippen MR) is 86.3 cm³/mol. The lowest BCUT2D eigenvalue weighted by atomic mass is 9.98. The van der Waals surface area contributed by atoms with Crippen LogP contribution in [0, 0.1) is 0 Å². The molecule has 23 heavy (non-hydrogen) atoms. The molecule has 2 N–H and O–H groups in total. The van der Waals surface area contributed by atoms with Crippen molar-refractivity contribution < 1.29 is 19.7 Å². The van der Waals surface area contributed by atoms with Crippen LogP contribution in [0.2, 0.25) is 0 Å². The van der Waals surface area contributed by atoms with E-state index in [1.165, 1.54) is 17.5 Å². The SMILES string of the molecule is O=C(O)Oc1ccc2c(c1)Sc1cc3c(cc1C(O)C2)CCC3. The van der Waals surface area contributed by atoms with Crippen molar-refractivity contribution in [1.29, 1.82) is 0 Å². The van der Waals surface area contributed by atoms with E-state index >= 15 is 0 Å². The highest BCUT2D eigenvalue weighted by Gasteiger charge is 2.24. The van der Waals surface area contributed by atoms with Crippen LogP contribution in [0.15, 0.2) is 40.1 Å². The third-order valence-corrected chi connectivity index (χ3v) is 5.63. The Labute approximate surface area is 138 Å². The lowest BCUT2D eigenvalue weighted by Crippen LogP contribution is -2.04. The van der Waals surface area contributed by atoms with Crippen LogP contribution in [-0.4, -0.2) is 16.4 Å². The van der Waals surface area contributed by atoms with E-state index in [1.807, 2.05) is 6.07 Å². The molecule has 118 valence electrons. The first-order valence-corrected chi connectivity index (χ1v) is 8.47. The number of rotatable bonds is 1. The molecule has 2 aliphatic rings. The highest BCUT2D eigenvalue weighted by Crippen LogP contribution is 2.44. The second-order valence-electron chi connectivity index (χ2n) is 5.97. The summed E-state index contributed by atoms with van der Waals surface area (Å²) in [7, 11) is 0. The Morgan fingerprint density at radius 3 is 2.65 bits per heavy atom. The molecular weight excluding hydrogens is 312 g/mol. The molecule has 0 aromatic heterocycles. The number of aryl methyl sites for hydroxylation is 2. The van der Waals surface area contributed by atoms with Crippen molar-refractivity contribution in [1.82, 2.24) is 0 Å². The van der Waals surface area contributed by atoms with Crippen molar-refractivity contribution in [3.8, 4) is 5.75 Å². The van der Waals surface area contributed by atoms with Crippen LogP contribution >= 0.6 is 11.8 Å². The summed E-state index contributed by atoms with van der Waals surface area (Å²) >= 11 is 1.58. The molecule has 0 saturated heterocycles. The number of carboxylic acid groups (broad SMARTS) is 1. The fourth-order valence-corrected chi connectivity index (χ4v) is 4.58. The minimum Gasteiger partial charge on any atom is -0.449 e. The van der Waals surface area contributed by atoms with Crippen LogP contribution in [0.5, 0.6) is 5.75 Å². The van der Waals surface area contributed by atoms with Gasteiger partial charge >= 0.3 is 6.16 Å². The van der Waals surface area contributed by atoms with Gasteiger partial charge in [0.2, 0.25) is 0 Å². The van der Waals surface area contributed by atoms with Crippen molar-refractivity contribution in [3.05, 3.63) is 52.6 Å². The molecule has 1 aliphatic carbocycles. The summed E-state index contributed by atoms with van der Waals surface area (Å²) in [5.74, 6) is 0.308. The quantitative estimate of drug-likeness (QED) is 0.612. The van der Waals surface area contributed by atoms with Gasteiger partial charge in [0, 0.05) is 16.2 Å². The van der Waals surface area contributed by atoms with Gasteiger partial charge in [0.05, 0.1) is 6.10 Å². The maximum absolute atomic E-state index is 10.7. The Morgan fingerprint density at radius 2 is 1.87 bits per heavy atom. The zero-order chi connectivity index (χ0) is 16.0. The Morgan fingerprint density at radius 1 is 1.09 bits per heavy atom. The number of benzene rings is 2. The third-order valence-electron chi connectivity index (χ3n) is 4.46. The predicted octanol–water partition coefficient (Wildman–Crippen LogP) is 3.97. The fraction of sp³-hybridized carbons (Fsp3) is 0.278. The number of hydrogen-bond donors (Lipinski definition) is 2. The Balaban J connectivity index is 1.77. The summed E-state index contributed by atoms with van der Waals surface area (Å²) in [6, 6.07) is 9.55. The van der Waals surface area contributed by atoms with Crippen LogP contribution in [0.25, 0.3) is 0 Å². The second kappa shape index (κ2) is 5.58. The number of aliphatic hydroxyl groups excluding tert-OH is 1. The molecule has 1 atom stereocenters. The molecule has 4 nitrogen and oxygen atoms in total. The molecule has 0 fully saturated rings. The van der Waals surface area contributed by atoms with Crippen molar-refractivity contribution in [3.63, 3.8) is 0 Å². The fourth-order valence-electron chi connectivity index (χ4n) is 3.37. The van der Waals surface area contributed by atoms with Crippen LogP contribution in [-0.2, 0) is 19.3 Å². The largest absolute Gasteiger partial charge is 0.511 e. The number of carbonyl (C=O) groups is 1. The minimum absolute atomic E-state index is 0.308. The molecule has 0 spiro atoms. The maximum atomic E-state index is 10.7. The van der Waals surface area contributed by atoms with E-state index in [2.05, 4.69) is 12.1 Å². The van der Waals surface area contributed by atoms with E-state index in [0.717, 1.165) is 33.8 Å². The van der Waals surface area contributed by atoms with Crippen LogP contribution in [0.1, 0.15) is 34.8 Å². The van der Waals surface area contributed by atoms with E-state index in [9.17, 15) is 9.90 Å². The van der Waals surface area contributed by atoms with Gasteiger partial charge in [0.15, 0.2) is 0 Å². The second-order valence-corrected chi connectivity index (χ2v) is 7.06. The number of hydrogen-bond acceptors (Lipinski definition) is 4. The molecule has 2 aromatic rings. The van der Waals surface area contributed by atoms with Gasteiger partial charge in [-0.2, -0.15) is 0 Å². The van der Waals surface area contributed by atoms with E-state index in [4.69, 9.17) is 9.84 Å². The molecule has 5 heteroatoms. The molecule has 1 aliphatic heterocycles. The van der Waals surface area contributed by atoms with Gasteiger partial charge in [0.25, 0.3) is 0 Å². The third kappa shape index (κ3) is 2.71. The van der Waals surface area contributed by atoms with Crippen molar-refractivity contribution >= 4 is 17.9 Å². The van der Waals surface area contributed by atoms with Gasteiger partial charge in [-0.25, -0.2) is 4.79 Å². The van der Waals surface area contributed by atoms with Crippen LogP contribution < -0.4 is 4.74 Å². The van der Waals surface area contributed by atoms with Crippen LogP contribution in [0.4, 0.5) is 4.79 Å². The van der Waals surface area contributed by atoms with E-state index in [0.29, 0.717) is 12.2 Å². The lowest BCUT2D eigenvalue weighted by molar-refractivity contribution is 0.144. The molecule has 2 aromatic carbocycles. The van der Waals surface area contributed by atoms with Gasteiger partial charge in [-0.05, 0) is 59.7 Å². The first-order chi connectivity index (χ1) is 11.1. The first-order valence-electron chi connectivity index (χ1n) is 7.65. The molecule has 0 radical (unpaired) electrons. The molecule has 1 heterocycles. The molecule has 1 unspecified atom stereocenters. The van der Waals surface area contributed by atoms with Crippen LogP contribution in [0.3, 0.4) is 0 Å². The summed E-state index contributed by atoms with van der Waals surface area (Å²) < 4.78 is 4.75. The standard InChI is InChI=1S/C18H16O4S/c19-15-7-12-4-5-13(22-18(20)21)9-16(12)23-17-8-11-3-1-2-10(11)6-14(15)17/h4-6,8-9,15,19H,1-3,7H2,(H,20,21). The van der Waals surface area contributed by atoms with E-state index in [-0.39, 0.29) is 0 Å². The van der Waals surface area contributed by atoms with Gasteiger partial charge in [-0.15, -0.1) is 0 Å². The number of ether oxygens (including phenoxy) is 1. The smallest absolute Gasteiger partial charge is 0.449 e. The normalized spacial score (nSPS) is 18.6. The molecule has 0 bridgehead atoms. The average molecular weight is 328 g/mol. The van der Waals surface area contributed by atoms with Gasteiger partial charge in [0.1, 0.15) is 5.75 Å². The summed E-state index contributed by atoms with van der Waals surface area (Å²) in [4.78, 5) is 12.7. The van der Waals surface area contributed by atoms with Gasteiger partial charge in [-0.3, -0.25) is 0 Å². The molecule has 0 saturated carbocycles. The number of aliphatic hydroxyl groups is 1. The lowest BCUT2D eigenvalue weighted by Gasteiger charge is -2.13. The summed E-state index contributed by atoms with van der Waals surface area (Å²) in [6.45, 7) is 0. The van der Waals surface area contributed by atoms with Gasteiger partial charge < -0.3 is 14.9 Å². The molecule has 4 rings (SSSR count). The van der Waals surface area contributed by atoms with Crippen molar-refractivity contribution in [2.75, 3.05) is 0 Å². The zero-order valence-electron chi connectivity index (χ0n) is 12.4. The number of fused-ring (bicyclic) bond motifs is 3. The van der Waals surface area contributed by atoms with Crippen molar-refractivity contribution in [2.24, 2.45) is 0 Å². The topological polar surface area (TPSA) is 66.8 Å². The Kier molecular flexibility index (Phi) is 3.54. The maximum Gasteiger partial charge on any atom is 0.511 e. The summed E-state index contributed by atoms with van der Waals surface area (Å²) in [6.07, 6.45) is 2.03. The monoisotopic (exact) mass is 328 g/mol. The first kappa shape index (κ1) is 14.6. The average Bonchev–Trinajstić information content (AvgIpc) is 2.90. The Bertz CT molecular complexity index is 800. The zero-order valence-corrected chi connectivity index (χ0v) is 13.2. The highest BCUT2D eigenvalue weighted by atomic mass is 32.2. The molecule has 0 amide bonds. The van der Waals surface area contributed by atoms with E-state index in [1.54, 1.807) is 23.9 Å². The van der Waals surface area contributed by atoms with Gasteiger partial charge in [-0.1, -0.05) is 23.9 Å². The van der Waals surface area contributed by atoms with E-state index < -0.39 is 12.3 Å². The van der Waals surface area contributed by atoms with Crippen molar-refractivity contribution in [2.45, 2.75) is 41.6 Å². The minimum atomic E-state index is -1.32. The molecular formula is C18H16O4S. The summed E-state index contributed by atoms with van der Waals surface area (Å²) in [5.41, 5.74) is 4.71. The Hall–Kier alpha value is -1.98. The summed E-state index contributed by atoms with van der Waals surface area (Å²) in [5, 5.41) is 19.4.